The molecule has 1 aliphatic heterocycles. The summed E-state index contributed by atoms with van der Waals surface area (Å²) in [7, 11) is 0. The van der Waals surface area contributed by atoms with Crippen LogP contribution in [0.25, 0.3) is 0 Å². The van der Waals surface area contributed by atoms with E-state index in [0.29, 0.717) is 12.0 Å². The standard InChI is InChI=1S/C23H34O8/c1-10-7-14-22(28,9-30-14)17-19(31-12(3)24)23(29)8-13(25)11(2)15(20(23,4)5)16(26)18(27)21(10,17)6/h10,13-14,16-17,19,25-26,28-29H,7-9H2,1-6H3/t10-,13-,14+,16+,17-,19-,21+,22-,23+/m0/s1. The summed E-state index contributed by atoms with van der Waals surface area (Å²) in [5.74, 6) is -2.50. The number of aliphatic hydroxyl groups is 4. The minimum Gasteiger partial charge on any atom is -0.459 e. The highest BCUT2D eigenvalue weighted by atomic mass is 16.6. The number of hydrogen-bond donors (Lipinski definition) is 4. The van der Waals surface area contributed by atoms with Gasteiger partial charge in [0.25, 0.3) is 0 Å². The van der Waals surface area contributed by atoms with Crippen molar-refractivity contribution in [3.8, 4) is 0 Å². The summed E-state index contributed by atoms with van der Waals surface area (Å²) in [6.45, 7) is 9.69. The van der Waals surface area contributed by atoms with Crippen molar-refractivity contribution in [1.29, 1.82) is 0 Å². The van der Waals surface area contributed by atoms with Crippen molar-refractivity contribution in [3.63, 3.8) is 0 Å². The Labute approximate surface area is 182 Å². The van der Waals surface area contributed by atoms with Gasteiger partial charge >= 0.3 is 5.97 Å². The third-order valence-electron chi connectivity index (χ3n) is 9.15. The summed E-state index contributed by atoms with van der Waals surface area (Å²) >= 11 is 0. The van der Waals surface area contributed by atoms with E-state index in [1.807, 2.05) is 6.92 Å². The van der Waals surface area contributed by atoms with Gasteiger partial charge in [-0.15, -0.1) is 0 Å². The van der Waals surface area contributed by atoms with Crippen LogP contribution in [0.3, 0.4) is 0 Å². The highest BCUT2D eigenvalue weighted by Crippen LogP contribution is 2.64. The molecule has 4 N–H and O–H groups in total. The highest BCUT2D eigenvalue weighted by molar-refractivity contribution is 5.93. The first-order valence-corrected chi connectivity index (χ1v) is 11.0. The van der Waals surface area contributed by atoms with Crippen LogP contribution in [-0.2, 0) is 19.1 Å². The maximum absolute atomic E-state index is 13.9. The maximum Gasteiger partial charge on any atom is 0.303 e. The molecule has 174 valence electrons. The molecule has 1 heterocycles. The number of hydrogen-bond acceptors (Lipinski definition) is 8. The van der Waals surface area contributed by atoms with Crippen LogP contribution in [-0.4, -0.2) is 74.4 Å². The molecule has 0 amide bonds. The molecule has 0 radical (unpaired) electrons. The van der Waals surface area contributed by atoms with Gasteiger partial charge in [-0.2, -0.15) is 0 Å². The Morgan fingerprint density at radius 2 is 1.81 bits per heavy atom. The molecular weight excluding hydrogens is 404 g/mol. The van der Waals surface area contributed by atoms with E-state index in [1.165, 1.54) is 6.92 Å². The average molecular weight is 439 g/mol. The van der Waals surface area contributed by atoms with E-state index in [1.54, 1.807) is 27.7 Å². The first kappa shape index (κ1) is 22.9. The van der Waals surface area contributed by atoms with Gasteiger partial charge in [0.05, 0.1) is 18.8 Å². The summed E-state index contributed by atoms with van der Waals surface area (Å²) in [5, 5.41) is 46.0. The average Bonchev–Trinajstić information content (AvgIpc) is 2.66. The molecule has 4 rings (SSSR count). The van der Waals surface area contributed by atoms with Crippen molar-refractivity contribution in [3.05, 3.63) is 11.1 Å². The lowest BCUT2D eigenvalue weighted by molar-refractivity contribution is -0.339. The van der Waals surface area contributed by atoms with E-state index in [2.05, 4.69) is 0 Å². The fourth-order valence-electron chi connectivity index (χ4n) is 6.98. The second-order valence-electron chi connectivity index (χ2n) is 10.9. The number of esters is 1. The quantitative estimate of drug-likeness (QED) is 0.343. The lowest BCUT2D eigenvalue weighted by atomic mass is 9.43. The van der Waals surface area contributed by atoms with Crippen molar-refractivity contribution >= 4 is 11.8 Å². The van der Waals surface area contributed by atoms with Crippen LogP contribution in [0.2, 0.25) is 0 Å². The van der Waals surface area contributed by atoms with Gasteiger partial charge in [0.15, 0.2) is 5.78 Å². The monoisotopic (exact) mass is 438 g/mol. The molecule has 8 heteroatoms. The van der Waals surface area contributed by atoms with Gasteiger partial charge in [-0.05, 0) is 30.4 Å². The molecule has 0 aromatic rings. The lowest BCUT2D eigenvalue weighted by Gasteiger charge is -2.67. The van der Waals surface area contributed by atoms with Crippen LogP contribution >= 0.6 is 0 Å². The van der Waals surface area contributed by atoms with Crippen LogP contribution in [0.5, 0.6) is 0 Å². The van der Waals surface area contributed by atoms with Crippen molar-refractivity contribution in [1.82, 2.24) is 0 Å². The van der Waals surface area contributed by atoms with Crippen molar-refractivity contribution in [2.75, 3.05) is 6.61 Å². The molecule has 0 spiro atoms. The topological polar surface area (TPSA) is 134 Å². The zero-order valence-electron chi connectivity index (χ0n) is 19.0. The molecule has 4 aliphatic rings. The predicted octanol–water partition coefficient (Wildman–Crippen LogP) is 0.492. The molecule has 1 saturated heterocycles. The molecule has 2 bridgehead atoms. The molecule has 3 aliphatic carbocycles. The van der Waals surface area contributed by atoms with Crippen molar-refractivity contribution in [2.45, 2.75) is 90.0 Å². The molecule has 2 saturated carbocycles. The van der Waals surface area contributed by atoms with E-state index in [0.717, 1.165) is 0 Å². The highest BCUT2D eigenvalue weighted by Gasteiger charge is 2.75. The van der Waals surface area contributed by atoms with Gasteiger partial charge in [-0.25, -0.2) is 0 Å². The van der Waals surface area contributed by atoms with Crippen LogP contribution in [0.1, 0.15) is 54.4 Å². The van der Waals surface area contributed by atoms with Crippen LogP contribution in [0.15, 0.2) is 11.1 Å². The van der Waals surface area contributed by atoms with E-state index < -0.39 is 64.1 Å². The fraction of sp³-hybridized carbons (Fsp3) is 0.826. The van der Waals surface area contributed by atoms with E-state index >= 15 is 0 Å². The lowest BCUT2D eigenvalue weighted by Crippen LogP contribution is -2.80. The second-order valence-corrected chi connectivity index (χ2v) is 10.9. The number of rotatable bonds is 1. The van der Waals surface area contributed by atoms with Crippen LogP contribution < -0.4 is 0 Å². The summed E-state index contributed by atoms with van der Waals surface area (Å²) in [4.78, 5) is 26.2. The van der Waals surface area contributed by atoms with Gasteiger partial charge in [-0.3, -0.25) is 9.59 Å². The molecule has 3 fully saturated rings. The largest absolute Gasteiger partial charge is 0.459 e. The van der Waals surface area contributed by atoms with E-state index in [-0.39, 0.29) is 24.5 Å². The second kappa shape index (κ2) is 6.60. The number of ether oxygens (including phenoxy) is 2. The third-order valence-corrected chi connectivity index (χ3v) is 9.15. The zero-order chi connectivity index (χ0) is 23.3. The van der Waals surface area contributed by atoms with Gasteiger partial charge in [0.1, 0.15) is 23.4 Å². The number of fused-ring (bicyclic) bond motifs is 5. The number of carbonyl (C=O) groups excluding carboxylic acids is 2. The summed E-state index contributed by atoms with van der Waals surface area (Å²) in [5.41, 5.74) is -5.18. The molecular formula is C23H34O8. The Bertz CT molecular complexity index is 864. The minimum absolute atomic E-state index is 0.0629. The number of ketones is 1. The fourth-order valence-corrected chi connectivity index (χ4v) is 6.98. The Morgan fingerprint density at radius 3 is 2.32 bits per heavy atom. The van der Waals surface area contributed by atoms with Gasteiger partial charge in [0.2, 0.25) is 0 Å². The van der Waals surface area contributed by atoms with E-state index in [9.17, 15) is 30.0 Å². The molecule has 8 nitrogen and oxygen atoms in total. The first-order valence-electron chi connectivity index (χ1n) is 11.0. The molecule has 9 atom stereocenters. The SMILES string of the molecule is CC(=O)O[C@H]1[C@@H]2[C@]3(O)CO[C@@H]3C[C@H](C)[C@@]2(C)C(=O)[C@H](O)C2=C(C)[C@@H](O)C[C@]1(O)C2(C)C. The molecule has 0 aromatic heterocycles. The van der Waals surface area contributed by atoms with Gasteiger partial charge in [-0.1, -0.05) is 27.7 Å². The Morgan fingerprint density at radius 1 is 1.19 bits per heavy atom. The molecule has 31 heavy (non-hydrogen) atoms. The molecule has 0 aromatic carbocycles. The Kier molecular flexibility index (Phi) is 4.87. The van der Waals surface area contributed by atoms with Crippen molar-refractivity contribution in [2.24, 2.45) is 22.7 Å². The normalized spacial score (nSPS) is 51.1. The van der Waals surface area contributed by atoms with Gasteiger partial charge < -0.3 is 29.9 Å². The van der Waals surface area contributed by atoms with Gasteiger partial charge in [0, 0.05) is 30.1 Å². The maximum atomic E-state index is 13.9. The minimum atomic E-state index is -1.84. The molecule has 0 unspecified atom stereocenters. The van der Waals surface area contributed by atoms with Crippen LogP contribution in [0, 0.1) is 22.7 Å². The van der Waals surface area contributed by atoms with Crippen molar-refractivity contribution < 1.29 is 39.5 Å². The number of Topliss-reactive ketones (excluding diaryl/α,β-unsaturated/α-hetero) is 1. The smallest absolute Gasteiger partial charge is 0.303 e. The summed E-state index contributed by atoms with van der Waals surface area (Å²) < 4.78 is 11.4. The summed E-state index contributed by atoms with van der Waals surface area (Å²) in [6.07, 6.45) is -4.32. The third kappa shape index (κ3) is 2.60. The number of aliphatic hydroxyl groups excluding tert-OH is 2. The predicted molar refractivity (Wildman–Crippen MR) is 109 cm³/mol. The zero-order valence-corrected chi connectivity index (χ0v) is 19.0. The number of carbonyl (C=O) groups is 2. The Balaban J connectivity index is 2.06. The first-order chi connectivity index (χ1) is 14.1. The van der Waals surface area contributed by atoms with Crippen LogP contribution in [0.4, 0.5) is 0 Å². The van der Waals surface area contributed by atoms with E-state index in [4.69, 9.17) is 9.47 Å². The summed E-state index contributed by atoms with van der Waals surface area (Å²) in [6, 6.07) is 0. The Hall–Kier alpha value is -1.32.